The fourth-order valence-corrected chi connectivity index (χ4v) is 3.40. The van der Waals surface area contributed by atoms with E-state index in [-0.39, 0.29) is 5.56 Å². The van der Waals surface area contributed by atoms with Gasteiger partial charge in [0.05, 0.1) is 11.7 Å². The number of aliphatic hydroxyl groups excluding tert-OH is 1. The molecular formula is C17H15NO2S. The van der Waals surface area contributed by atoms with E-state index in [1.807, 2.05) is 48.7 Å². The van der Waals surface area contributed by atoms with Crippen LogP contribution in [0.2, 0.25) is 0 Å². The van der Waals surface area contributed by atoms with Gasteiger partial charge < -0.3 is 5.11 Å². The lowest BCUT2D eigenvalue weighted by Crippen LogP contribution is -2.19. The summed E-state index contributed by atoms with van der Waals surface area (Å²) in [5, 5.41) is 12.1. The zero-order valence-corrected chi connectivity index (χ0v) is 12.4. The molecule has 0 aliphatic rings. The van der Waals surface area contributed by atoms with Gasteiger partial charge in [0.1, 0.15) is 4.83 Å². The monoisotopic (exact) mass is 297 g/mol. The van der Waals surface area contributed by atoms with Crippen LogP contribution in [0.25, 0.3) is 16.0 Å². The summed E-state index contributed by atoms with van der Waals surface area (Å²) in [5.74, 6) is 0. The van der Waals surface area contributed by atoms with E-state index >= 15 is 0 Å². The summed E-state index contributed by atoms with van der Waals surface area (Å²) >= 11 is 1.49. The molecule has 0 aliphatic heterocycles. The molecule has 1 aromatic carbocycles. The molecule has 0 spiro atoms. The van der Waals surface area contributed by atoms with Crippen molar-refractivity contribution < 1.29 is 5.11 Å². The number of hydrogen-bond donors (Lipinski definition) is 1. The van der Waals surface area contributed by atoms with Gasteiger partial charge in [0.25, 0.3) is 5.56 Å². The van der Waals surface area contributed by atoms with Gasteiger partial charge in [0.15, 0.2) is 0 Å². The first-order valence-corrected chi connectivity index (χ1v) is 7.51. The average Bonchev–Trinajstić information content (AvgIpc) is 2.88. The van der Waals surface area contributed by atoms with Gasteiger partial charge in [0, 0.05) is 16.6 Å². The maximum Gasteiger partial charge on any atom is 0.264 e. The van der Waals surface area contributed by atoms with Crippen LogP contribution in [0.5, 0.6) is 0 Å². The minimum absolute atomic E-state index is 0.103. The van der Waals surface area contributed by atoms with Crippen LogP contribution < -0.4 is 5.56 Å². The van der Waals surface area contributed by atoms with Crippen molar-refractivity contribution in [3.8, 4) is 11.1 Å². The maximum absolute atomic E-state index is 12.9. The zero-order valence-electron chi connectivity index (χ0n) is 11.6. The van der Waals surface area contributed by atoms with E-state index in [2.05, 4.69) is 6.58 Å². The maximum atomic E-state index is 12.9. The lowest BCUT2D eigenvalue weighted by Gasteiger charge is -2.13. The van der Waals surface area contributed by atoms with Gasteiger partial charge in [-0.05, 0) is 18.6 Å². The van der Waals surface area contributed by atoms with Gasteiger partial charge >= 0.3 is 0 Å². The average molecular weight is 297 g/mol. The van der Waals surface area contributed by atoms with Gasteiger partial charge in [-0.25, -0.2) is 0 Å². The molecule has 3 aromatic rings. The van der Waals surface area contributed by atoms with Crippen molar-refractivity contribution >= 4 is 16.2 Å². The molecule has 1 atom stereocenters. The van der Waals surface area contributed by atoms with Crippen molar-refractivity contribution in [1.82, 2.24) is 4.40 Å². The van der Waals surface area contributed by atoms with E-state index in [1.54, 1.807) is 4.40 Å². The first kappa shape index (κ1) is 13.8. The molecule has 1 unspecified atom stereocenters. The molecule has 2 aromatic heterocycles. The molecule has 0 saturated heterocycles. The largest absolute Gasteiger partial charge is 0.384 e. The Morgan fingerprint density at radius 2 is 2.05 bits per heavy atom. The first-order valence-electron chi connectivity index (χ1n) is 6.63. The van der Waals surface area contributed by atoms with Crippen molar-refractivity contribution in [2.24, 2.45) is 0 Å². The van der Waals surface area contributed by atoms with Crippen molar-refractivity contribution in [2.75, 3.05) is 0 Å². The number of hydrogen-bond acceptors (Lipinski definition) is 3. The second-order valence-corrected chi connectivity index (χ2v) is 5.77. The lowest BCUT2D eigenvalue weighted by atomic mass is 9.98. The van der Waals surface area contributed by atoms with Crippen molar-refractivity contribution in [2.45, 2.75) is 13.0 Å². The molecule has 0 bridgehead atoms. The molecule has 1 N–H and O–H groups in total. The minimum atomic E-state index is -0.861. The third kappa shape index (κ3) is 2.22. The van der Waals surface area contributed by atoms with Gasteiger partial charge in [-0.1, -0.05) is 36.4 Å². The van der Waals surface area contributed by atoms with Crippen molar-refractivity contribution in [3.63, 3.8) is 0 Å². The second kappa shape index (κ2) is 5.31. The highest BCUT2D eigenvalue weighted by Crippen LogP contribution is 2.29. The van der Waals surface area contributed by atoms with Crippen molar-refractivity contribution in [3.05, 3.63) is 76.0 Å². The molecule has 4 heteroatoms. The Labute approximate surface area is 126 Å². The predicted molar refractivity (Wildman–Crippen MR) is 86.9 cm³/mol. The van der Waals surface area contributed by atoms with Gasteiger partial charge in [-0.15, -0.1) is 17.9 Å². The lowest BCUT2D eigenvalue weighted by molar-refractivity contribution is 0.229. The number of aryl methyl sites for hydroxylation is 1. The molecule has 21 heavy (non-hydrogen) atoms. The molecule has 2 heterocycles. The fraction of sp³-hybridized carbons (Fsp3) is 0.118. The summed E-state index contributed by atoms with van der Waals surface area (Å²) in [5.41, 5.74) is 2.73. The molecule has 0 saturated carbocycles. The Morgan fingerprint density at radius 3 is 2.71 bits per heavy atom. The molecule has 0 radical (unpaired) electrons. The van der Waals surface area contributed by atoms with E-state index < -0.39 is 6.10 Å². The van der Waals surface area contributed by atoms with Gasteiger partial charge in [-0.3, -0.25) is 9.20 Å². The van der Waals surface area contributed by atoms with E-state index in [0.29, 0.717) is 11.1 Å². The summed E-state index contributed by atoms with van der Waals surface area (Å²) in [6, 6.07) is 11.3. The van der Waals surface area contributed by atoms with Crippen molar-refractivity contribution in [1.29, 1.82) is 0 Å². The van der Waals surface area contributed by atoms with Crippen LogP contribution in [0.3, 0.4) is 0 Å². The summed E-state index contributed by atoms with van der Waals surface area (Å²) in [7, 11) is 0. The Bertz CT molecular complexity index is 862. The summed E-state index contributed by atoms with van der Waals surface area (Å²) in [6.07, 6.45) is 0.582. The molecule has 0 aliphatic carbocycles. The predicted octanol–water partition coefficient (Wildman–Crippen LogP) is 3.56. The number of pyridine rings is 1. The molecule has 3 rings (SSSR count). The molecule has 3 nitrogen and oxygen atoms in total. The highest BCUT2D eigenvalue weighted by atomic mass is 32.1. The number of rotatable bonds is 3. The van der Waals surface area contributed by atoms with Crippen LogP contribution in [-0.2, 0) is 0 Å². The topological polar surface area (TPSA) is 41.7 Å². The number of thiazole rings is 1. The molecule has 106 valence electrons. The number of fused-ring (bicyclic) bond motifs is 1. The summed E-state index contributed by atoms with van der Waals surface area (Å²) in [4.78, 5) is 13.7. The smallest absolute Gasteiger partial charge is 0.264 e. The minimum Gasteiger partial charge on any atom is -0.384 e. The van der Waals surface area contributed by atoms with Crippen LogP contribution in [0.4, 0.5) is 0 Å². The van der Waals surface area contributed by atoms with Crippen LogP contribution >= 0.6 is 11.3 Å². The Morgan fingerprint density at radius 1 is 1.33 bits per heavy atom. The normalized spacial score (nSPS) is 12.5. The van der Waals surface area contributed by atoms with Crippen LogP contribution in [0.1, 0.15) is 17.4 Å². The Hall–Kier alpha value is -2.17. The molecular weight excluding hydrogens is 282 g/mol. The van der Waals surface area contributed by atoms with E-state index in [4.69, 9.17) is 0 Å². The zero-order chi connectivity index (χ0) is 15.0. The number of nitrogens with zero attached hydrogens (tertiary/aromatic N) is 1. The quantitative estimate of drug-likeness (QED) is 0.751. The number of aromatic nitrogens is 1. The summed E-state index contributed by atoms with van der Waals surface area (Å²) in [6.45, 7) is 5.54. The molecule has 0 amide bonds. The van der Waals surface area contributed by atoms with Crippen LogP contribution in [-0.4, -0.2) is 9.51 Å². The standard InChI is InChI=1S/C17H15NO2S/c1-3-14(19)13-9-15-18(11(2)10-21-15)17(20)16(13)12-7-5-4-6-8-12/h3-10,14,19H,1H2,2H3. The SMILES string of the molecule is C=CC(O)c1cc2scc(C)n2c(=O)c1-c1ccccc1. The third-order valence-electron chi connectivity index (χ3n) is 3.51. The van der Waals surface area contributed by atoms with Crippen LogP contribution in [0.15, 0.2) is 59.2 Å². The second-order valence-electron chi connectivity index (χ2n) is 4.88. The fourth-order valence-electron chi connectivity index (χ4n) is 2.48. The van der Waals surface area contributed by atoms with Gasteiger partial charge in [-0.2, -0.15) is 0 Å². The highest BCUT2D eigenvalue weighted by molar-refractivity contribution is 7.15. The summed E-state index contributed by atoms with van der Waals surface area (Å²) < 4.78 is 1.69. The molecule has 0 fully saturated rings. The number of benzene rings is 1. The Kier molecular flexibility index (Phi) is 3.49. The van der Waals surface area contributed by atoms with E-state index in [1.165, 1.54) is 17.4 Å². The highest BCUT2D eigenvalue weighted by Gasteiger charge is 2.18. The van der Waals surface area contributed by atoms with E-state index in [0.717, 1.165) is 16.1 Å². The van der Waals surface area contributed by atoms with Gasteiger partial charge in [0.2, 0.25) is 0 Å². The van der Waals surface area contributed by atoms with E-state index in [9.17, 15) is 9.90 Å². The Balaban J connectivity index is 2.44. The first-order chi connectivity index (χ1) is 10.1. The van der Waals surface area contributed by atoms with Crippen LogP contribution in [0, 0.1) is 6.92 Å². The third-order valence-corrected chi connectivity index (χ3v) is 4.51. The number of aliphatic hydroxyl groups is 1.